The number of H-pyrrole nitrogens is 1. The minimum Gasteiger partial charge on any atom is -0.338 e. The van der Waals surface area contributed by atoms with E-state index in [0.717, 1.165) is 80.4 Å². The summed E-state index contributed by atoms with van der Waals surface area (Å²) in [6, 6.07) is 23.6. The fourth-order valence-electron chi connectivity index (χ4n) is 6.79. The summed E-state index contributed by atoms with van der Waals surface area (Å²) in [6.45, 7) is 4.48. The van der Waals surface area contributed by atoms with Gasteiger partial charge >= 0.3 is 5.69 Å². The van der Waals surface area contributed by atoms with Crippen LogP contribution in [0.15, 0.2) is 77.6 Å². The van der Waals surface area contributed by atoms with Gasteiger partial charge in [0.15, 0.2) is 0 Å². The quantitative estimate of drug-likeness (QED) is 0.252. The van der Waals surface area contributed by atoms with E-state index in [2.05, 4.69) is 16.0 Å². The lowest BCUT2D eigenvalue weighted by Gasteiger charge is -2.39. The fourth-order valence-corrected chi connectivity index (χ4v) is 7.10. The van der Waals surface area contributed by atoms with Crippen LogP contribution in [0.1, 0.15) is 60.0 Å². The van der Waals surface area contributed by atoms with Crippen LogP contribution in [0.4, 0.5) is 0 Å². The predicted octanol–water partition coefficient (Wildman–Crippen LogP) is 7.00. The highest BCUT2D eigenvalue weighted by Gasteiger charge is 2.32. The predicted molar refractivity (Wildman–Crippen MR) is 166 cm³/mol. The van der Waals surface area contributed by atoms with E-state index < -0.39 is 0 Å². The lowest BCUT2D eigenvalue weighted by molar-refractivity contribution is 0.0635. The zero-order valence-corrected chi connectivity index (χ0v) is 24.7. The van der Waals surface area contributed by atoms with Gasteiger partial charge in [-0.1, -0.05) is 59.6 Å². The van der Waals surface area contributed by atoms with Crippen LogP contribution in [0.3, 0.4) is 0 Å². The van der Waals surface area contributed by atoms with E-state index in [9.17, 15) is 9.59 Å². The highest BCUT2D eigenvalue weighted by Crippen LogP contribution is 2.36. The molecule has 8 heteroatoms. The molecule has 1 aromatic heterocycles. The van der Waals surface area contributed by atoms with E-state index in [-0.39, 0.29) is 23.6 Å². The zero-order valence-electron chi connectivity index (χ0n) is 23.1. The summed E-state index contributed by atoms with van der Waals surface area (Å²) in [6.07, 6.45) is 5.14. The normalized spacial score (nSPS) is 20.5. The molecule has 214 valence electrons. The van der Waals surface area contributed by atoms with E-state index in [1.165, 1.54) is 0 Å². The van der Waals surface area contributed by atoms with Crippen molar-refractivity contribution in [2.24, 2.45) is 5.92 Å². The van der Waals surface area contributed by atoms with Gasteiger partial charge in [-0.2, -0.15) is 0 Å². The smallest absolute Gasteiger partial charge is 0.326 e. The molecule has 3 aromatic carbocycles. The molecule has 2 aliphatic heterocycles. The maximum Gasteiger partial charge on any atom is 0.326 e. The summed E-state index contributed by atoms with van der Waals surface area (Å²) in [5.74, 6) is 0.731. The number of hydrogen-bond acceptors (Lipinski definition) is 3. The third kappa shape index (κ3) is 6.25. The summed E-state index contributed by atoms with van der Waals surface area (Å²) >= 11 is 12.6. The number of rotatable bonds is 7. The topological polar surface area (TPSA) is 61.3 Å². The van der Waals surface area contributed by atoms with Crippen LogP contribution in [-0.4, -0.2) is 58.0 Å². The maximum absolute atomic E-state index is 13.4. The standard InChI is InChI=1S/C33H36Cl2N4O2/c34-28-13-12-25(20-29(28)35)26-19-23(21-38(22-26)32(40)24-8-2-1-3-9-24)7-6-16-37-17-14-27(15-18-37)39-31-11-5-4-10-30(31)36-33(39)41/h1-5,8-13,20,23,26-27H,6-7,14-19,21-22H2,(H,36,41). The molecule has 3 heterocycles. The first-order valence-corrected chi connectivity index (χ1v) is 15.4. The maximum atomic E-state index is 13.4. The first-order valence-electron chi connectivity index (χ1n) is 14.7. The van der Waals surface area contributed by atoms with Crippen molar-refractivity contribution in [2.45, 2.75) is 44.1 Å². The number of carbonyl (C=O) groups is 1. The number of imidazole rings is 1. The molecule has 2 unspecified atom stereocenters. The highest BCUT2D eigenvalue weighted by molar-refractivity contribution is 6.42. The molecule has 6 nitrogen and oxygen atoms in total. The number of benzene rings is 3. The van der Waals surface area contributed by atoms with Crippen molar-refractivity contribution in [1.82, 2.24) is 19.4 Å². The van der Waals surface area contributed by atoms with Gasteiger partial charge in [-0.3, -0.25) is 9.36 Å². The van der Waals surface area contributed by atoms with E-state index in [1.807, 2.05) is 76.2 Å². The number of aromatic amines is 1. The Morgan fingerprint density at radius 2 is 1.66 bits per heavy atom. The Labute approximate surface area is 250 Å². The number of amides is 1. The molecule has 2 fully saturated rings. The van der Waals surface area contributed by atoms with Crippen LogP contribution in [0.5, 0.6) is 0 Å². The summed E-state index contributed by atoms with van der Waals surface area (Å²) in [4.78, 5) is 33.7. The molecule has 0 radical (unpaired) electrons. The fraction of sp³-hybridized carbons (Fsp3) is 0.394. The van der Waals surface area contributed by atoms with E-state index in [4.69, 9.17) is 23.2 Å². The number of piperidine rings is 2. The van der Waals surface area contributed by atoms with Crippen molar-refractivity contribution >= 4 is 40.1 Å². The molecule has 0 saturated carbocycles. The molecule has 2 saturated heterocycles. The SMILES string of the molecule is O=C(c1ccccc1)N1CC(CCCN2CCC(n3c(=O)[nH]c4ccccc43)CC2)CC(c2ccc(Cl)c(Cl)c2)C1. The van der Waals surface area contributed by atoms with Gasteiger partial charge in [0.05, 0.1) is 21.1 Å². The van der Waals surface area contributed by atoms with Crippen LogP contribution in [0.2, 0.25) is 10.0 Å². The number of hydrogen-bond donors (Lipinski definition) is 1. The Bertz CT molecular complexity index is 1560. The summed E-state index contributed by atoms with van der Waals surface area (Å²) in [7, 11) is 0. The molecule has 2 aliphatic rings. The molecule has 1 N–H and O–H groups in total. The van der Waals surface area contributed by atoms with Crippen molar-refractivity contribution in [3.05, 3.63) is 104 Å². The van der Waals surface area contributed by atoms with Crippen LogP contribution < -0.4 is 5.69 Å². The second kappa shape index (κ2) is 12.4. The van der Waals surface area contributed by atoms with E-state index >= 15 is 0 Å². The van der Waals surface area contributed by atoms with Crippen molar-refractivity contribution in [3.63, 3.8) is 0 Å². The second-order valence-electron chi connectivity index (χ2n) is 11.6. The van der Waals surface area contributed by atoms with Gasteiger partial charge in [0, 0.05) is 43.7 Å². The average Bonchev–Trinajstić information content (AvgIpc) is 3.34. The number of para-hydroxylation sites is 2. The lowest BCUT2D eigenvalue weighted by atomic mass is 9.82. The number of nitrogens with one attached hydrogen (secondary N) is 1. The number of aromatic nitrogens is 2. The van der Waals surface area contributed by atoms with Gasteiger partial charge in [0.25, 0.3) is 5.91 Å². The third-order valence-electron chi connectivity index (χ3n) is 8.89. The lowest BCUT2D eigenvalue weighted by Crippen LogP contribution is -2.43. The van der Waals surface area contributed by atoms with Gasteiger partial charge in [0.1, 0.15) is 0 Å². The number of halogens is 2. The second-order valence-corrected chi connectivity index (χ2v) is 12.4. The molecule has 0 bridgehead atoms. The minimum atomic E-state index is -0.00641. The van der Waals surface area contributed by atoms with E-state index in [1.54, 1.807) is 0 Å². The van der Waals surface area contributed by atoms with Gasteiger partial charge in [-0.25, -0.2) is 4.79 Å². The van der Waals surface area contributed by atoms with Crippen LogP contribution in [0, 0.1) is 5.92 Å². The van der Waals surface area contributed by atoms with Crippen molar-refractivity contribution in [3.8, 4) is 0 Å². The highest BCUT2D eigenvalue weighted by atomic mass is 35.5. The monoisotopic (exact) mass is 590 g/mol. The third-order valence-corrected chi connectivity index (χ3v) is 9.63. The zero-order chi connectivity index (χ0) is 28.3. The average molecular weight is 592 g/mol. The van der Waals surface area contributed by atoms with E-state index in [0.29, 0.717) is 22.5 Å². The number of nitrogens with zero attached hydrogens (tertiary/aromatic N) is 3. The first-order chi connectivity index (χ1) is 20.0. The van der Waals surface area contributed by atoms with Crippen LogP contribution >= 0.6 is 23.2 Å². The number of likely N-dealkylation sites (tertiary alicyclic amines) is 2. The van der Waals surface area contributed by atoms with Gasteiger partial charge in [0.2, 0.25) is 0 Å². The Morgan fingerprint density at radius 1 is 0.902 bits per heavy atom. The Hall–Kier alpha value is -3.06. The molecule has 6 rings (SSSR count). The minimum absolute atomic E-state index is 0.00641. The van der Waals surface area contributed by atoms with Gasteiger partial charge < -0.3 is 14.8 Å². The van der Waals surface area contributed by atoms with Crippen LogP contribution in [-0.2, 0) is 0 Å². The molecule has 2 atom stereocenters. The molecular weight excluding hydrogens is 555 g/mol. The molecule has 41 heavy (non-hydrogen) atoms. The molecule has 1 amide bonds. The Morgan fingerprint density at radius 3 is 2.44 bits per heavy atom. The van der Waals surface area contributed by atoms with Crippen LogP contribution in [0.25, 0.3) is 11.0 Å². The Kier molecular flexibility index (Phi) is 8.52. The summed E-state index contributed by atoms with van der Waals surface area (Å²) in [5, 5.41) is 1.11. The number of fused-ring (bicyclic) bond motifs is 1. The Balaban J connectivity index is 1.07. The molecular formula is C33H36Cl2N4O2. The van der Waals surface area contributed by atoms with Crippen molar-refractivity contribution in [2.75, 3.05) is 32.7 Å². The first kappa shape index (κ1) is 28.1. The molecule has 4 aromatic rings. The largest absolute Gasteiger partial charge is 0.338 e. The van der Waals surface area contributed by atoms with Gasteiger partial charge in [-0.15, -0.1) is 0 Å². The number of carbonyl (C=O) groups excluding carboxylic acids is 1. The molecule has 0 aliphatic carbocycles. The summed E-state index contributed by atoms with van der Waals surface area (Å²) in [5.41, 5.74) is 3.78. The van der Waals surface area contributed by atoms with Crippen molar-refractivity contribution in [1.29, 1.82) is 0 Å². The summed E-state index contributed by atoms with van der Waals surface area (Å²) < 4.78 is 1.95. The van der Waals surface area contributed by atoms with Gasteiger partial charge in [-0.05, 0) is 86.5 Å². The molecule has 0 spiro atoms. The van der Waals surface area contributed by atoms with Crippen molar-refractivity contribution < 1.29 is 4.79 Å².